The van der Waals surface area contributed by atoms with Crippen molar-refractivity contribution < 1.29 is 38.5 Å². The maximum atomic E-state index is 12.8. The molecular formula is C29H38N6O8. The highest BCUT2D eigenvalue weighted by molar-refractivity contribution is 5.84. The highest BCUT2D eigenvalue weighted by Gasteiger charge is 2.36. The Morgan fingerprint density at radius 1 is 0.907 bits per heavy atom. The molecule has 0 spiro atoms. The van der Waals surface area contributed by atoms with E-state index < -0.39 is 48.4 Å². The number of nitrogens with zero attached hydrogens (tertiary/aromatic N) is 1. The maximum absolute atomic E-state index is 12.8. The van der Waals surface area contributed by atoms with E-state index in [4.69, 9.17) is 25.7 Å². The van der Waals surface area contributed by atoms with Gasteiger partial charge in [0.25, 0.3) is 0 Å². The van der Waals surface area contributed by atoms with Gasteiger partial charge in [0.05, 0.1) is 12.1 Å². The molecular weight excluding hydrogens is 560 g/mol. The Balaban J connectivity index is 1.49. The van der Waals surface area contributed by atoms with Crippen LogP contribution in [0, 0.1) is 0 Å². The lowest BCUT2D eigenvalue weighted by Gasteiger charge is -2.25. The van der Waals surface area contributed by atoms with Gasteiger partial charge in [-0.1, -0.05) is 60.7 Å². The number of carboxylic acids is 1. The van der Waals surface area contributed by atoms with Gasteiger partial charge in [0.1, 0.15) is 25.4 Å². The summed E-state index contributed by atoms with van der Waals surface area (Å²) in [5.41, 5.74) is 12.4. The number of guanidine groups is 1. The van der Waals surface area contributed by atoms with E-state index in [0.717, 1.165) is 11.1 Å². The Morgan fingerprint density at radius 3 is 2.05 bits per heavy atom. The van der Waals surface area contributed by atoms with Gasteiger partial charge in [0.2, 0.25) is 5.91 Å². The molecule has 232 valence electrons. The van der Waals surface area contributed by atoms with Crippen molar-refractivity contribution in [2.24, 2.45) is 16.5 Å². The van der Waals surface area contributed by atoms with Gasteiger partial charge in [-0.3, -0.25) is 9.79 Å². The molecule has 0 saturated carbocycles. The van der Waals surface area contributed by atoms with Gasteiger partial charge in [-0.25, -0.2) is 14.4 Å². The lowest BCUT2D eigenvalue weighted by atomic mass is 10.0. The summed E-state index contributed by atoms with van der Waals surface area (Å²) in [5, 5.41) is 17.1. The summed E-state index contributed by atoms with van der Waals surface area (Å²) >= 11 is 0. The van der Waals surface area contributed by atoms with Crippen LogP contribution in [-0.2, 0) is 37.0 Å². The average molecular weight is 599 g/mol. The normalized spacial score (nSPS) is 17.1. The molecule has 3 rings (SSSR count). The molecule has 1 saturated heterocycles. The van der Waals surface area contributed by atoms with Crippen LogP contribution in [0.25, 0.3) is 0 Å². The minimum absolute atomic E-state index is 0.0381. The van der Waals surface area contributed by atoms with Crippen molar-refractivity contribution in [3.05, 3.63) is 71.8 Å². The topological polar surface area (TPSA) is 217 Å². The summed E-state index contributed by atoms with van der Waals surface area (Å²) in [7, 11) is 0. The molecule has 0 bridgehead atoms. The highest BCUT2D eigenvalue weighted by Crippen LogP contribution is 2.25. The standard InChI is InChI=1S/C29H38N6O8/c30-27(31)32-15-7-12-21(34-28(39)41-17-19-8-3-1-4-9-19)23-13-14-24(43-23)25(36)33-16-22(26(37)38)35-29(40)42-18-20-10-5-2-6-11-20/h1-6,8-11,21-24H,7,12-18H2,(H,33,36)(H,34,39)(H,35,40)(H,37,38)(H4,30,31,32)/t21-,22+,23+,24+/m1/s1. The summed E-state index contributed by atoms with van der Waals surface area (Å²) in [6.07, 6.45) is -1.19. The van der Waals surface area contributed by atoms with Gasteiger partial charge in [-0.2, -0.15) is 0 Å². The molecule has 2 aromatic rings. The summed E-state index contributed by atoms with van der Waals surface area (Å²) in [6, 6.07) is 16.2. The van der Waals surface area contributed by atoms with Gasteiger partial charge in [-0.15, -0.1) is 0 Å². The number of nitrogens with one attached hydrogen (secondary N) is 3. The monoisotopic (exact) mass is 598 g/mol. The number of hydrogen-bond donors (Lipinski definition) is 6. The molecule has 43 heavy (non-hydrogen) atoms. The second-order valence-electron chi connectivity index (χ2n) is 9.84. The minimum atomic E-state index is -1.42. The molecule has 0 aromatic heterocycles. The smallest absolute Gasteiger partial charge is 0.408 e. The third-order valence-electron chi connectivity index (χ3n) is 6.56. The predicted molar refractivity (Wildman–Crippen MR) is 156 cm³/mol. The number of nitrogens with two attached hydrogens (primary N) is 2. The number of carbonyl (C=O) groups is 4. The van der Waals surface area contributed by atoms with Crippen LogP contribution in [0.3, 0.4) is 0 Å². The molecule has 0 unspecified atom stereocenters. The van der Waals surface area contributed by atoms with Crippen LogP contribution in [0.5, 0.6) is 0 Å². The lowest BCUT2D eigenvalue weighted by Crippen LogP contribution is -2.50. The number of alkyl carbamates (subject to hydrolysis) is 2. The van der Waals surface area contributed by atoms with Gasteiger partial charge in [-0.05, 0) is 36.8 Å². The molecule has 4 atom stereocenters. The van der Waals surface area contributed by atoms with Gasteiger partial charge < -0.3 is 46.7 Å². The van der Waals surface area contributed by atoms with E-state index in [1.165, 1.54) is 0 Å². The SMILES string of the molecule is NC(N)=NCCC[C@@H](NC(=O)OCc1ccccc1)[C@@H]1CC[C@@H](C(=O)NC[C@H](NC(=O)OCc2ccccc2)C(=O)O)O1. The molecule has 0 radical (unpaired) electrons. The highest BCUT2D eigenvalue weighted by atomic mass is 16.6. The molecule has 1 aliphatic rings. The van der Waals surface area contributed by atoms with Gasteiger partial charge in [0.15, 0.2) is 5.96 Å². The largest absolute Gasteiger partial charge is 0.480 e. The Hall–Kier alpha value is -4.85. The third kappa shape index (κ3) is 11.9. The van der Waals surface area contributed by atoms with Crippen molar-refractivity contribution in [3.63, 3.8) is 0 Å². The second kappa shape index (κ2) is 17.2. The number of amides is 3. The van der Waals surface area contributed by atoms with E-state index in [2.05, 4.69) is 20.9 Å². The fraction of sp³-hybridized carbons (Fsp3) is 0.414. The number of carboxylic acid groups (broad SMARTS) is 1. The average Bonchev–Trinajstić information content (AvgIpc) is 3.50. The van der Waals surface area contributed by atoms with Crippen molar-refractivity contribution in [3.8, 4) is 0 Å². The first-order valence-corrected chi connectivity index (χ1v) is 13.9. The molecule has 1 aliphatic heterocycles. The molecule has 3 amide bonds. The maximum Gasteiger partial charge on any atom is 0.408 e. The zero-order chi connectivity index (χ0) is 31.0. The minimum Gasteiger partial charge on any atom is -0.480 e. The van der Waals surface area contributed by atoms with Crippen molar-refractivity contribution in [1.82, 2.24) is 16.0 Å². The molecule has 14 nitrogen and oxygen atoms in total. The summed E-state index contributed by atoms with van der Waals surface area (Å²) < 4.78 is 16.4. The van der Waals surface area contributed by atoms with Crippen LogP contribution in [0.2, 0.25) is 0 Å². The number of ether oxygens (including phenoxy) is 3. The molecule has 1 fully saturated rings. The molecule has 2 aromatic carbocycles. The Labute approximate surface area is 249 Å². The molecule has 14 heteroatoms. The van der Waals surface area contributed by atoms with Crippen molar-refractivity contribution in [2.75, 3.05) is 13.1 Å². The zero-order valence-corrected chi connectivity index (χ0v) is 23.6. The number of rotatable bonds is 15. The van der Waals surface area contributed by atoms with Crippen LogP contribution in [0.1, 0.15) is 36.8 Å². The summed E-state index contributed by atoms with van der Waals surface area (Å²) in [6.45, 7) is 0.00483. The summed E-state index contributed by atoms with van der Waals surface area (Å²) in [5.74, 6) is -1.93. The van der Waals surface area contributed by atoms with E-state index in [0.29, 0.717) is 32.2 Å². The van der Waals surface area contributed by atoms with Gasteiger partial charge >= 0.3 is 18.2 Å². The second-order valence-corrected chi connectivity index (χ2v) is 9.84. The predicted octanol–water partition coefficient (Wildman–Crippen LogP) is 1.38. The Morgan fingerprint density at radius 2 is 1.49 bits per heavy atom. The van der Waals surface area contributed by atoms with E-state index in [9.17, 15) is 24.3 Å². The van der Waals surface area contributed by atoms with Crippen LogP contribution < -0.4 is 27.4 Å². The van der Waals surface area contributed by atoms with Crippen LogP contribution in [-0.4, -0.2) is 72.5 Å². The Kier molecular flexibility index (Phi) is 13.1. The molecule has 1 heterocycles. The van der Waals surface area contributed by atoms with Crippen molar-refractivity contribution in [1.29, 1.82) is 0 Å². The fourth-order valence-corrected chi connectivity index (χ4v) is 4.36. The van der Waals surface area contributed by atoms with Crippen LogP contribution in [0.15, 0.2) is 65.7 Å². The molecule has 8 N–H and O–H groups in total. The number of hydrogen-bond acceptors (Lipinski definition) is 8. The van der Waals surface area contributed by atoms with E-state index >= 15 is 0 Å². The fourth-order valence-electron chi connectivity index (χ4n) is 4.36. The van der Waals surface area contributed by atoms with Crippen LogP contribution in [0.4, 0.5) is 9.59 Å². The summed E-state index contributed by atoms with van der Waals surface area (Å²) in [4.78, 5) is 53.1. The van der Waals surface area contributed by atoms with E-state index in [1.54, 1.807) is 24.3 Å². The quantitative estimate of drug-likeness (QED) is 0.0983. The number of aliphatic carboxylic acids is 1. The first-order chi connectivity index (χ1) is 20.7. The lowest BCUT2D eigenvalue weighted by molar-refractivity contribution is -0.139. The Bertz CT molecular complexity index is 1230. The number of carbonyl (C=O) groups excluding carboxylic acids is 3. The zero-order valence-electron chi connectivity index (χ0n) is 23.6. The third-order valence-corrected chi connectivity index (χ3v) is 6.56. The number of benzene rings is 2. The van der Waals surface area contributed by atoms with Crippen molar-refractivity contribution in [2.45, 2.75) is 63.2 Å². The van der Waals surface area contributed by atoms with Crippen LogP contribution >= 0.6 is 0 Å². The first kappa shape index (κ1) is 32.7. The van der Waals surface area contributed by atoms with E-state index in [-0.39, 0.29) is 25.7 Å². The van der Waals surface area contributed by atoms with Crippen molar-refractivity contribution >= 4 is 30.0 Å². The number of aliphatic imine (C=N–C) groups is 1. The van der Waals surface area contributed by atoms with E-state index in [1.807, 2.05) is 36.4 Å². The first-order valence-electron chi connectivity index (χ1n) is 13.9. The van der Waals surface area contributed by atoms with Gasteiger partial charge in [0, 0.05) is 13.1 Å². The molecule has 0 aliphatic carbocycles.